The van der Waals surface area contributed by atoms with Gasteiger partial charge in [0, 0.05) is 22.9 Å². The average Bonchev–Trinajstić information content (AvgIpc) is 2.82. The Labute approximate surface area is 131 Å². The summed E-state index contributed by atoms with van der Waals surface area (Å²) >= 11 is 3.26. The van der Waals surface area contributed by atoms with Crippen molar-refractivity contribution >= 4 is 37.5 Å². The molecule has 21 heavy (non-hydrogen) atoms. The Hall–Kier alpha value is -1.80. The van der Waals surface area contributed by atoms with Gasteiger partial charge in [-0.05, 0) is 39.7 Å². The van der Waals surface area contributed by atoms with Crippen LogP contribution in [0.25, 0.3) is 0 Å². The molecule has 0 bridgehead atoms. The summed E-state index contributed by atoms with van der Waals surface area (Å²) in [7, 11) is -3.28. The molecule has 6 nitrogen and oxygen atoms in total. The molecule has 0 aliphatic rings. The number of nitrogens with one attached hydrogen (secondary N) is 3. The predicted molar refractivity (Wildman–Crippen MR) is 84.6 cm³/mol. The molecule has 0 radical (unpaired) electrons. The topological polar surface area (TPSA) is 91.1 Å². The van der Waals surface area contributed by atoms with Crippen LogP contribution in [0.1, 0.15) is 16.1 Å². The smallest absolute Gasteiger partial charge is 0.267 e. The Kier molecular flexibility index (Phi) is 4.69. The van der Waals surface area contributed by atoms with Crippen molar-refractivity contribution in [2.24, 2.45) is 0 Å². The molecular weight excluding hydrogens is 358 g/mol. The summed E-state index contributed by atoms with van der Waals surface area (Å²) < 4.78 is 25.4. The number of anilines is 1. The number of rotatable bonds is 5. The SMILES string of the molecule is CS(=O)(=O)Nc1ccc(CNC(=O)c2cc(Br)c[nH]2)cc1. The normalized spacial score (nSPS) is 11.1. The van der Waals surface area contributed by atoms with Crippen LogP contribution in [0.5, 0.6) is 0 Å². The van der Waals surface area contributed by atoms with E-state index in [1.807, 2.05) is 0 Å². The van der Waals surface area contributed by atoms with Crippen LogP contribution in [0.15, 0.2) is 41.0 Å². The van der Waals surface area contributed by atoms with Crippen LogP contribution in [-0.4, -0.2) is 25.6 Å². The molecule has 0 atom stereocenters. The Morgan fingerprint density at radius 3 is 2.48 bits per heavy atom. The summed E-state index contributed by atoms with van der Waals surface area (Å²) in [5.41, 5.74) is 1.83. The molecule has 2 aromatic rings. The number of amides is 1. The van der Waals surface area contributed by atoms with Gasteiger partial charge in [0.1, 0.15) is 5.69 Å². The lowest BCUT2D eigenvalue weighted by Crippen LogP contribution is -2.23. The molecule has 0 saturated heterocycles. The van der Waals surface area contributed by atoms with E-state index in [-0.39, 0.29) is 5.91 Å². The van der Waals surface area contributed by atoms with Crippen molar-refractivity contribution in [3.05, 3.63) is 52.3 Å². The van der Waals surface area contributed by atoms with E-state index < -0.39 is 10.0 Å². The molecule has 0 saturated carbocycles. The molecule has 0 aliphatic heterocycles. The van der Waals surface area contributed by atoms with Crippen LogP contribution in [0, 0.1) is 0 Å². The maximum absolute atomic E-state index is 11.8. The zero-order valence-electron chi connectivity index (χ0n) is 11.2. The molecule has 1 aromatic carbocycles. The highest BCUT2D eigenvalue weighted by Gasteiger charge is 2.07. The van der Waals surface area contributed by atoms with Gasteiger partial charge < -0.3 is 10.3 Å². The first-order valence-electron chi connectivity index (χ1n) is 6.02. The molecule has 0 unspecified atom stereocenters. The van der Waals surface area contributed by atoms with Crippen molar-refractivity contribution in [2.45, 2.75) is 6.54 Å². The fraction of sp³-hybridized carbons (Fsp3) is 0.154. The number of carbonyl (C=O) groups is 1. The Morgan fingerprint density at radius 2 is 1.95 bits per heavy atom. The van der Waals surface area contributed by atoms with Crippen LogP contribution in [0.2, 0.25) is 0 Å². The van der Waals surface area contributed by atoms with Gasteiger partial charge in [-0.1, -0.05) is 12.1 Å². The van der Waals surface area contributed by atoms with Crippen molar-refractivity contribution < 1.29 is 13.2 Å². The van der Waals surface area contributed by atoms with E-state index in [0.29, 0.717) is 17.9 Å². The molecule has 0 aliphatic carbocycles. The first-order chi connectivity index (χ1) is 9.83. The predicted octanol–water partition coefficient (Wildman–Crippen LogP) is 2.08. The first-order valence-corrected chi connectivity index (χ1v) is 8.71. The minimum Gasteiger partial charge on any atom is -0.356 e. The quantitative estimate of drug-likeness (QED) is 0.751. The molecule has 112 valence electrons. The summed E-state index contributed by atoms with van der Waals surface area (Å²) in [4.78, 5) is 14.7. The highest BCUT2D eigenvalue weighted by molar-refractivity contribution is 9.10. The molecule has 1 heterocycles. The minimum atomic E-state index is -3.28. The molecule has 0 spiro atoms. The largest absolute Gasteiger partial charge is 0.356 e. The third-order valence-electron chi connectivity index (χ3n) is 2.60. The number of halogens is 1. The van der Waals surface area contributed by atoms with Crippen molar-refractivity contribution in [1.82, 2.24) is 10.3 Å². The van der Waals surface area contributed by atoms with E-state index in [1.54, 1.807) is 36.5 Å². The van der Waals surface area contributed by atoms with Gasteiger partial charge in [-0.25, -0.2) is 8.42 Å². The second-order valence-corrected chi connectivity index (χ2v) is 7.15. The Balaban J connectivity index is 1.93. The summed E-state index contributed by atoms with van der Waals surface area (Å²) in [5.74, 6) is -0.209. The van der Waals surface area contributed by atoms with Gasteiger partial charge in [0.25, 0.3) is 5.91 Å². The average molecular weight is 372 g/mol. The van der Waals surface area contributed by atoms with Crippen molar-refractivity contribution in [2.75, 3.05) is 11.0 Å². The van der Waals surface area contributed by atoms with Gasteiger partial charge in [0.15, 0.2) is 0 Å². The lowest BCUT2D eigenvalue weighted by molar-refractivity contribution is 0.0946. The zero-order valence-corrected chi connectivity index (χ0v) is 13.6. The number of hydrogen-bond donors (Lipinski definition) is 3. The fourth-order valence-electron chi connectivity index (χ4n) is 1.68. The Bertz CT molecular complexity index is 738. The van der Waals surface area contributed by atoms with Gasteiger partial charge >= 0.3 is 0 Å². The molecule has 2 rings (SSSR count). The van der Waals surface area contributed by atoms with Crippen LogP contribution in [0.3, 0.4) is 0 Å². The van der Waals surface area contributed by atoms with E-state index >= 15 is 0 Å². The number of aromatic nitrogens is 1. The van der Waals surface area contributed by atoms with Gasteiger partial charge in [-0.3, -0.25) is 9.52 Å². The zero-order chi connectivity index (χ0) is 15.5. The molecular formula is C13H14BrN3O3S. The third kappa shape index (κ3) is 4.91. The van der Waals surface area contributed by atoms with E-state index in [0.717, 1.165) is 16.3 Å². The molecule has 1 amide bonds. The fourth-order valence-corrected chi connectivity index (χ4v) is 2.59. The van der Waals surface area contributed by atoms with E-state index in [9.17, 15) is 13.2 Å². The number of H-pyrrole nitrogens is 1. The maximum Gasteiger partial charge on any atom is 0.267 e. The molecule has 8 heteroatoms. The first kappa shape index (κ1) is 15.6. The second kappa shape index (κ2) is 6.31. The summed E-state index contributed by atoms with van der Waals surface area (Å²) in [6.07, 6.45) is 2.77. The summed E-state index contributed by atoms with van der Waals surface area (Å²) in [6, 6.07) is 8.48. The van der Waals surface area contributed by atoms with E-state index in [4.69, 9.17) is 0 Å². The van der Waals surface area contributed by atoms with Gasteiger partial charge in [-0.15, -0.1) is 0 Å². The van der Waals surface area contributed by atoms with Crippen LogP contribution in [-0.2, 0) is 16.6 Å². The van der Waals surface area contributed by atoms with E-state index in [1.165, 1.54) is 0 Å². The van der Waals surface area contributed by atoms with Gasteiger partial charge in [-0.2, -0.15) is 0 Å². The molecule has 0 fully saturated rings. The van der Waals surface area contributed by atoms with E-state index in [2.05, 4.69) is 31.0 Å². The number of benzene rings is 1. The highest BCUT2D eigenvalue weighted by atomic mass is 79.9. The standard InChI is InChI=1S/C13H14BrN3O3S/c1-21(19,20)17-11-4-2-9(3-5-11)7-16-13(18)12-6-10(14)8-15-12/h2-6,8,15,17H,7H2,1H3,(H,16,18). The van der Waals surface area contributed by atoms with Crippen molar-refractivity contribution in [1.29, 1.82) is 0 Å². The highest BCUT2D eigenvalue weighted by Crippen LogP contribution is 2.12. The maximum atomic E-state index is 11.8. The lowest BCUT2D eigenvalue weighted by Gasteiger charge is -2.06. The lowest BCUT2D eigenvalue weighted by atomic mass is 10.2. The van der Waals surface area contributed by atoms with Crippen LogP contribution < -0.4 is 10.0 Å². The van der Waals surface area contributed by atoms with Crippen molar-refractivity contribution in [3.8, 4) is 0 Å². The number of hydrogen-bond acceptors (Lipinski definition) is 3. The number of carbonyl (C=O) groups excluding carboxylic acids is 1. The van der Waals surface area contributed by atoms with Gasteiger partial charge in [0.2, 0.25) is 10.0 Å². The number of sulfonamides is 1. The molecule has 3 N–H and O–H groups in total. The van der Waals surface area contributed by atoms with Crippen LogP contribution in [0.4, 0.5) is 5.69 Å². The summed E-state index contributed by atoms with van der Waals surface area (Å²) in [6.45, 7) is 0.356. The molecule has 1 aromatic heterocycles. The van der Waals surface area contributed by atoms with Gasteiger partial charge in [0.05, 0.1) is 6.26 Å². The number of aromatic amines is 1. The summed E-state index contributed by atoms with van der Waals surface area (Å²) in [5, 5.41) is 2.77. The van der Waals surface area contributed by atoms with Crippen LogP contribution >= 0.6 is 15.9 Å². The second-order valence-electron chi connectivity index (χ2n) is 4.49. The monoisotopic (exact) mass is 371 g/mol. The third-order valence-corrected chi connectivity index (χ3v) is 3.67. The Morgan fingerprint density at radius 1 is 1.29 bits per heavy atom. The minimum absolute atomic E-state index is 0.209. The van der Waals surface area contributed by atoms with Crippen molar-refractivity contribution in [3.63, 3.8) is 0 Å².